The van der Waals surface area contributed by atoms with E-state index in [4.69, 9.17) is 0 Å². The van der Waals surface area contributed by atoms with Gasteiger partial charge in [-0.1, -0.05) is 42.8 Å². The Morgan fingerprint density at radius 2 is 2.00 bits per heavy atom. The van der Waals surface area contributed by atoms with Crippen molar-refractivity contribution in [2.24, 2.45) is 0 Å². The Kier molecular flexibility index (Phi) is 5.83. The number of amides is 1. The highest BCUT2D eigenvalue weighted by molar-refractivity contribution is 7.10. The quantitative estimate of drug-likeness (QED) is 0.833. The Morgan fingerprint density at radius 3 is 2.68 bits per heavy atom. The van der Waals surface area contributed by atoms with Crippen molar-refractivity contribution in [3.8, 4) is 0 Å². The maximum atomic E-state index is 12.6. The van der Waals surface area contributed by atoms with Crippen LogP contribution in [-0.2, 0) is 9.59 Å². The second kappa shape index (κ2) is 8.27. The molecule has 0 aliphatic carbocycles. The van der Waals surface area contributed by atoms with Crippen LogP contribution < -0.4 is 5.32 Å². The van der Waals surface area contributed by atoms with E-state index >= 15 is 0 Å². The summed E-state index contributed by atoms with van der Waals surface area (Å²) in [7, 11) is 0. The fourth-order valence-corrected chi connectivity index (χ4v) is 4.07. The summed E-state index contributed by atoms with van der Waals surface area (Å²) in [5.41, 5.74) is 1.02. The van der Waals surface area contributed by atoms with Crippen molar-refractivity contribution in [3.05, 3.63) is 58.3 Å². The molecular weight excluding hydrogens is 336 g/mol. The monoisotopic (exact) mass is 358 g/mol. The molecule has 1 fully saturated rings. The fourth-order valence-electron chi connectivity index (χ4n) is 3.27. The number of carbonyl (C=O) groups is 2. The Morgan fingerprint density at radius 1 is 1.20 bits per heavy atom. The van der Waals surface area contributed by atoms with Gasteiger partial charge in [0.05, 0.1) is 12.6 Å². The number of piperidine rings is 1. The molecule has 0 saturated carbocycles. The fraction of sp³-hybridized carbons (Fsp3) is 0.368. The standard InChI is InChI=1S/C19H22N2O3S/c22-17(13-21-11-5-4-9-15(21)19(23)24)20-18(16-10-6-12-25-16)14-7-2-1-3-8-14/h1-3,6-8,10,12,15,18H,4-5,9,11,13H2,(H,20,22)(H,23,24). The molecule has 2 N–H and O–H groups in total. The van der Waals surface area contributed by atoms with E-state index in [0.717, 1.165) is 23.3 Å². The molecule has 1 amide bonds. The van der Waals surface area contributed by atoms with E-state index in [9.17, 15) is 14.7 Å². The first-order valence-corrected chi connectivity index (χ1v) is 9.37. The van der Waals surface area contributed by atoms with Crippen LogP contribution in [0.15, 0.2) is 47.8 Å². The van der Waals surface area contributed by atoms with Gasteiger partial charge in [-0.3, -0.25) is 14.5 Å². The van der Waals surface area contributed by atoms with E-state index in [1.807, 2.05) is 47.8 Å². The van der Waals surface area contributed by atoms with Crippen LogP contribution >= 0.6 is 11.3 Å². The van der Waals surface area contributed by atoms with Crippen molar-refractivity contribution in [2.75, 3.05) is 13.1 Å². The van der Waals surface area contributed by atoms with Crippen LogP contribution in [0.3, 0.4) is 0 Å². The minimum absolute atomic E-state index is 0.117. The second-order valence-electron chi connectivity index (χ2n) is 6.25. The molecule has 2 unspecified atom stereocenters. The van der Waals surface area contributed by atoms with Crippen molar-refractivity contribution < 1.29 is 14.7 Å². The maximum absolute atomic E-state index is 12.6. The third kappa shape index (κ3) is 4.46. The van der Waals surface area contributed by atoms with Crippen molar-refractivity contribution in [1.29, 1.82) is 0 Å². The number of carboxylic acids is 1. The van der Waals surface area contributed by atoms with E-state index in [1.54, 1.807) is 16.2 Å². The van der Waals surface area contributed by atoms with Crippen LogP contribution in [0, 0.1) is 0 Å². The van der Waals surface area contributed by atoms with Gasteiger partial charge in [0.25, 0.3) is 0 Å². The molecule has 25 heavy (non-hydrogen) atoms. The molecule has 1 aliphatic heterocycles. The summed E-state index contributed by atoms with van der Waals surface area (Å²) in [4.78, 5) is 26.9. The molecule has 1 aromatic heterocycles. The number of likely N-dealkylation sites (tertiary alicyclic amines) is 1. The molecule has 1 aliphatic rings. The van der Waals surface area contributed by atoms with Gasteiger partial charge in [0.15, 0.2) is 0 Å². The molecule has 6 heteroatoms. The number of hydrogen-bond donors (Lipinski definition) is 2. The normalized spacial score (nSPS) is 19.3. The summed E-state index contributed by atoms with van der Waals surface area (Å²) in [6.07, 6.45) is 2.44. The Balaban J connectivity index is 1.71. The van der Waals surface area contributed by atoms with Crippen LogP contribution in [0.2, 0.25) is 0 Å². The number of nitrogens with one attached hydrogen (secondary N) is 1. The van der Waals surface area contributed by atoms with Gasteiger partial charge in [-0.25, -0.2) is 0 Å². The molecule has 132 valence electrons. The highest BCUT2D eigenvalue weighted by Crippen LogP contribution is 2.26. The third-order valence-corrected chi connectivity index (χ3v) is 5.45. The first-order chi connectivity index (χ1) is 12.1. The molecule has 0 radical (unpaired) electrons. The predicted molar refractivity (Wildman–Crippen MR) is 97.6 cm³/mol. The molecule has 5 nitrogen and oxygen atoms in total. The lowest BCUT2D eigenvalue weighted by Crippen LogP contribution is -2.49. The van der Waals surface area contributed by atoms with Crippen LogP contribution in [0.25, 0.3) is 0 Å². The van der Waals surface area contributed by atoms with Gasteiger partial charge in [-0.05, 0) is 36.4 Å². The van der Waals surface area contributed by atoms with Crippen LogP contribution in [-0.4, -0.2) is 41.0 Å². The van der Waals surface area contributed by atoms with E-state index in [2.05, 4.69) is 5.32 Å². The van der Waals surface area contributed by atoms with E-state index in [1.165, 1.54) is 0 Å². The number of rotatable bonds is 6. The molecule has 1 saturated heterocycles. The van der Waals surface area contributed by atoms with Gasteiger partial charge in [-0.15, -0.1) is 11.3 Å². The molecule has 0 spiro atoms. The van der Waals surface area contributed by atoms with E-state index < -0.39 is 12.0 Å². The van der Waals surface area contributed by atoms with Crippen LogP contribution in [0.5, 0.6) is 0 Å². The van der Waals surface area contributed by atoms with Gasteiger partial charge >= 0.3 is 5.97 Å². The molecule has 2 atom stereocenters. The highest BCUT2D eigenvalue weighted by Gasteiger charge is 2.30. The van der Waals surface area contributed by atoms with Gasteiger partial charge in [-0.2, -0.15) is 0 Å². The highest BCUT2D eigenvalue weighted by atomic mass is 32.1. The summed E-state index contributed by atoms with van der Waals surface area (Å²) in [6.45, 7) is 0.769. The molecule has 3 rings (SSSR count). The predicted octanol–water partition coefficient (Wildman–Crippen LogP) is 2.89. The zero-order chi connectivity index (χ0) is 17.6. The number of thiophene rings is 1. The summed E-state index contributed by atoms with van der Waals surface area (Å²) < 4.78 is 0. The lowest BCUT2D eigenvalue weighted by molar-refractivity contribution is -0.145. The minimum atomic E-state index is -0.842. The van der Waals surface area contributed by atoms with Crippen LogP contribution in [0.1, 0.15) is 35.7 Å². The zero-order valence-corrected chi connectivity index (χ0v) is 14.7. The number of aliphatic carboxylic acids is 1. The van der Waals surface area contributed by atoms with Crippen LogP contribution in [0.4, 0.5) is 0 Å². The second-order valence-corrected chi connectivity index (χ2v) is 7.23. The SMILES string of the molecule is O=C(CN1CCCCC1C(=O)O)NC(c1ccccc1)c1cccs1. The lowest BCUT2D eigenvalue weighted by atomic mass is 10.0. The molecule has 1 aromatic carbocycles. The zero-order valence-electron chi connectivity index (χ0n) is 13.9. The third-order valence-electron chi connectivity index (χ3n) is 4.51. The van der Waals surface area contributed by atoms with Gasteiger partial charge in [0, 0.05) is 4.88 Å². The summed E-state index contributed by atoms with van der Waals surface area (Å²) in [5, 5.41) is 14.4. The van der Waals surface area contributed by atoms with Crippen molar-refractivity contribution in [3.63, 3.8) is 0 Å². The largest absolute Gasteiger partial charge is 0.480 e. The average molecular weight is 358 g/mol. The van der Waals surface area contributed by atoms with Crippen molar-refractivity contribution in [2.45, 2.75) is 31.3 Å². The Labute approximate surface area is 151 Å². The number of carbonyl (C=O) groups excluding carboxylic acids is 1. The summed E-state index contributed by atoms with van der Waals surface area (Å²) >= 11 is 1.60. The first kappa shape index (κ1) is 17.6. The average Bonchev–Trinajstić information content (AvgIpc) is 3.15. The van der Waals surface area contributed by atoms with Gasteiger partial charge in [0.2, 0.25) is 5.91 Å². The minimum Gasteiger partial charge on any atom is -0.480 e. The number of carboxylic acid groups (broad SMARTS) is 1. The number of hydrogen-bond acceptors (Lipinski definition) is 4. The van der Waals surface area contributed by atoms with Gasteiger partial charge in [0.1, 0.15) is 6.04 Å². The lowest BCUT2D eigenvalue weighted by Gasteiger charge is -2.32. The van der Waals surface area contributed by atoms with E-state index in [-0.39, 0.29) is 18.5 Å². The van der Waals surface area contributed by atoms with Gasteiger partial charge < -0.3 is 10.4 Å². The Hall–Kier alpha value is -2.18. The first-order valence-electron chi connectivity index (χ1n) is 8.49. The van der Waals surface area contributed by atoms with E-state index in [0.29, 0.717) is 13.0 Å². The molecule has 0 bridgehead atoms. The molecule has 2 heterocycles. The Bertz CT molecular complexity index is 703. The van der Waals surface area contributed by atoms with Crippen molar-refractivity contribution >= 4 is 23.2 Å². The number of nitrogens with zero attached hydrogens (tertiary/aromatic N) is 1. The molecular formula is C19H22N2O3S. The summed E-state index contributed by atoms with van der Waals surface area (Å²) in [6, 6.07) is 13.0. The van der Waals surface area contributed by atoms with Crippen molar-refractivity contribution in [1.82, 2.24) is 10.2 Å². The summed E-state index contributed by atoms with van der Waals surface area (Å²) in [5.74, 6) is -0.985. The smallest absolute Gasteiger partial charge is 0.320 e. The topological polar surface area (TPSA) is 69.6 Å². The maximum Gasteiger partial charge on any atom is 0.320 e. The molecule has 2 aromatic rings. The number of benzene rings is 1.